The van der Waals surface area contributed by atoms with Gasteiger partial charge in [0, 0.05) is 6.54 Å². The zero-order valence-corrected chi connectivity index (χ0v) is 9.56. The molecule has 1 aliphatic heterocycles. The molecule has 0 bridgehead atoms. The summed E-state index contributed by atoms with van der Waals surface area (Å²) in [5.41, 5.74) is 1.08. The summed E-state index contributed by atoms with van der Waals surface area (Å²) < 4.78 is 5.32. The highest BCUT2D eigenvalue weighted by molar-refractivity contribution is 5.79. The number of carbonyl (C=O) groups is 1. The van der Waals surface area contributed by atoms with Crippen molar-refractivity contribution in [1.29, 1.82) is 0 Å². The molecule has 2 rings (SSSR count). The minimum Gasteiger partial charge on any atom is -0.377 e. The Balaban J connectivity index is 1.97. The van der Waals surface area contributed by atoms with E-state index in [0.29, 0.717) is 26.2 Å². The highest BCUT2D eigenvalue weighted by Gasteiger charge is 2.23. The Bertz CT molecular complexity index is 350. The van der Waals surface area contributed by atoms with Crippen molar-refractivity contribution < 1.29 is 9.53 Å². The minimum absolute atomic E-state index is 0.196. The number of hydrogen-bond donors (Lipinski definition) is 0. The van der Waals surface area contributed by atoms with Gasteiger partial charge >= 0.3 is 0 Å². The van der Waals surface area contributed by atoms with Crippen molar-refractivity contribution in [3.63, 3.8) is 0 Å². The molecule has 0 N–H and O–H groups in total. The van der Waals surface area contributed by atoms with Crippen LogP contribution in [0.15, 0.2) is 30.3 Å². The fourth-order valence-corrected chi connectivity index (χ4v) is 1.97. The fourth-order valence-electron chi connectivity index (χ4n) is 1.97. The Hall–Kier alpha value is -1.35. The third-order valence-corrected chi connectivity index (χ3v) is 2.89. The van der Waals surface area contributed by atoms with Gasteiger partial charge in [0.05, 0.1) is 25.7 Å². The SMILES string of the molecule is C[C@@H]1COCCN1C(=O)Cc1ccccc1. The number of carbonyl (C=O) groups excluding carboxylic acids is 1. The molecule has 0 saturated carbocycles. The summed E-state index contributed by atoms with van der Waals surface area (Å²) in [5.74, 6) is 0.196. The lowest BCUT2D eigenvalue weighted by atomic mass is 10.1. The number of nitrogens with zero attached hydrogens (tertiary/aromatic N) is 1. The summed E-state index contributed by atoms with van der Waals surface area (Å²) in [4.78, 5) is 14.0. The third-order valence-electron chi connectivity index (χ3n) is 2.89. The van der Waals surface area contributed by atoms with Gasteiger partial charge in [-0.2, -0.15) is 0 Å². The van der Waals surface area contributed by atoms with Crippen LogP contribution >= 0.6 is 0 Å². The van der Waals surface area contributed by atoms with Crippen LogP contribution in [0.2, 0.25) is 0 Å². The Morgan fingerprint density at radius 1 is 1.44 bits per heavy atom. The average Bonchev–Trinajstić information content (AvgIpc) is 2.31. The molecular formula is C13H17NO2. The van der Waals surface area contributed by atoms with Crippen LogP contribution in [-0.4, -0.2) is 36.6 Å². The van der Waals surface area contributed by atoms with Crippen molar-refractivity contribution in [3.05, 3.63) is 35.9 Å². The van der Waals surface area contributed by atoms with E-state index < -0.39 is 0 Å². The van der Waals surface area contributed by atoms with Gasteiger partial charge < -0.3 is 9.64 Å². The Morgan fingerprint density at radius 3 is 2.88 bits per heavy atom. The zero-order chi connectivity index (χ0) is 11.4. The highest BCUT2D eigenvalue weighted by atomic mass is 16.5. The van der Waals surface area contributed by atoms with E-state index in [2.05, 4.69) is 0 Å². The van der Waals surface area contributed by atoms with Crippen molar-refractivity contribution in [3.8, 4) is 0 Å². The van der Waals surface area contributed by atoms with Crippen LogP contribution in [0.25, 0.3) is 0 Å². The molecule has 0 aromatic heterocycles. The lowest BCUT2D eigenvalue weighted by molar-refractivity contribution is -0.138. The van der Waals surface area contributed by atoms with Gasteiger partial charge in [-0.3, -0.25) is 4.79 Å². The smallest absolute Gasteiger partial charge is 0.227 e. The maximum Gasteiger partial charge on any atom is 0.227 e. The Kier molecular flexibility index (Phi) is 3.57. The molecular weight excluding hydrogens is 202 g/mol. The van der Waals surface area contributed by atoms with Crippen molar-refractivity contribution in [2.24, 2.45) is 0 Å². The summed E-state index contributed by atoms with van der Waals surface area (Å²) in [6.45, 7) is 4.06. The van der Waals surface area contributed by atoms with Crippen molar-refractivity contribution in [2.45, 2.75) is 19.4 Å². The first-order valence-electron chi connectivity index (χ1n) is 5.68. The van der Waals surface area contributed by atoms with Crippen LogP contribution in [0.4, 0.5) is 0 Å². The zero-order valence-electron chi connectivity index (χ0n) is 9.56. The van der Waals surface area contributed by atoms with Gasteiger partial charge in [0.25, 0.3) is 0 Å². The van der Waals surface area contributed by atoms with E-state index in [1.807, 2.05) is 42.2 Å². The molecule has 3 heteroatoms. The van der Waals surface area contributed by atoms with Crippen molar-refractivity contribution in [1.82, 2.24) is 4.90 Å². The predicted molar refractivity (Wildman–Crippen MR) is 62.1 cm³/mol. The van der Waals surface area contributed by atoms with E-state index in [4.69, 9.17) is 4.74 Å². The first kappa shape index (κ1) is 11.1. The molecule has 1 aromatic carbocycles. The molecule has 0 aliphatic carbocycles. The molecule has 0 unspecified atom stereocenters. The van der Waals surface area contributed by atoms with Crippen LogP contribution in [-0.2, 0) is 16.0 Å². The maximum absolute atomic E-state index is 12.0. The maximum atomic E-state index is 12.0. The van der Waals surface area contributed by atoms with E-state index in [1.54, 1.807) is 0 Å². The first-order valence-corrected chi connectivity index (χ1v) is 5.68. The molecule has 0 radical (unpaired) electrons. The summed E-state index contributed by atoms with van der Waals surface area (Å²) >= 11 is 0. The summed E-state index contributed by atoms with van der Waals surface area (Å²) in [6.07, 6.45) is 0.491. The van der Waals surface area contributed by atoms with Gasteiger partial charge in [-0.25, -0.2) is 0 Å². The monoisotopic (exact) mass is 219 g/mol. The van der Waals surface area contributed by atoms with Crippen LogP contribution < -0.4 is 0 Å². The number of ether oxygens (including phenoxy) is 1. The quantitative estimate of drug-likeness (QED) is 0.754. The molecule has 1 saturated heterocycles. The normalized spacial score (nSPS) is 20.8. The lowest BCUT2D eigenvalue weighted by Crippen LogP contribution is -2.47. The molecule has 1 fully saturated rings. The molecule has 86 valence electrons. The van der Waals surface area contributed by atoms with Crippen LogP contribution in [0.5, 0.6) is 0 Å². The number of hydrogen-bond acceptors (Lipinski definition) is 2. The van der Waals surface area contributed by atoms with E-state index in [0.717, 1.165) is 5.56 Å². The van der Waals surface area contributed by atoms with Crippen LogP contribution in [0.3, 0.4) is 0 Å². The molecule has 1 atom stereocenters. The fraction of sp³-hybridized carbons (Fsp3) is 0.462. The van der Waals surface area contributed by atoms with Gasteiger partial charge in [-0.15, -0.1) is 0 Å². The molecule has 16 heavy (non-hydrogen) atoms. The summed E-state index contributed by atoms with van der Waals surface area (Å²) in [7, 11) is 0. The second-order valence-electron chi connectivity index (χ2n) is 4.17. The standard InChI is InChI=1S/C13H17NO2/c1-11-10-16-8-7-14(11)13(15)9-12-5-3-2-4-6-12/h2-6,11H,7-10H2,1H3/t11-/m1/s1. The topological polar surface area (TPSA) is 29.5 Å². The Morgan fingerprint density at radius 2 is 2.19 bits per heavy atom. The minimum atomic E-state index is 0.196. The molecule has 1 aliphatic rings. The van der Waals surface area contributed by atoms with Gasteiger partial charge in [-0.05, 0) is 12.5 Å². The van der Waals surface area contributed by atoms with Crippen LogP contribution in [0.1, 0.15) is 12.5 Å². The molecule has 3 nitrogen and oxygen atoms in total. The average molecular weight is 219 g/mol. The highest BCUT2D eigenvalue weighted by Crippen LogP contribution is 2.09. The van der Waals surface area contributed by atoms with Gasteiger partial charge in [0.15, 0.2) is 0 Å². The number of benzene rings is 1. The number of morpholine rings is 1. The van der Waals surface area contributed by atoms with E-state index >= 15 is 0 Å². The lowest BCUT2D eigenvalue weighted by Gasteiger charge is -2.33. The molecule has 1 aromatic rings. The van der Waals surface area contributed by atoms with Gasteiger partial charge in [0.1, 0.15) is 0 Å². The van der Waals surface area contributed by atoms with Gasteiger partial charge in [0.2, 0.25) is 5.91 Å². The molecule has 1 amide bonds. The number of rotatable bonds is 2. The second-order valence-corrected chi connectivity index (χ2v) is 4.17. The third kappa shape index (κ3) is 2.61. The predicted octanol–water partition coefficient (Wildman–Crippen LogP) is 1.48. The number of amides is 1. The van der Waals surface area contributed by atoms with Crippen molar-refractivity contribution in [2.75, 3.05) is 19.8 Å². The van der Waals surface area contributed by atoms with Crippen LogP contribution in [0, 0.1) is 0 Å². The molecule has 0 spiro atoms. The largest absolute Gasteiger partial charge is 0.377 e. The second kappa shape index (κ2) is 5.12. The van der Waals surface area contributed by atoms with Crippen molar-refractivity contribution >= 4 is 5.91 Å². The van der Waals surface area contributed by atoms with E-state index in [-0.39, 0.29) is 11.9 Å². The molecule has 1 heterocycles. The Labute approximate surface area is 96.0 Å². The first-order chi connectivity index (χ1) is 7.77. The van der Waals surface area contributed by atoms with E-state index in [1.165, 1.54) is 0 Å². The summed E-state index contributed by atoms with van der Waals surface area (Å²) in [5, 5.41) is 0. The van der Waals surface area contributed by atoms with E-state index in [9.17, 15) is 4.79 Å². The van der Waals surface area contributed by atoms with Gasteiger partial charge in [-0.1, -0.05) is 30.3 Å². The summed E-state index contributed by atoms with van der Waals surface area (Å²) in [6, 6.07) is 10.1.